The molecule has 0 spiro atoms. The van der Waals surface area contributed by atoms with E-state index in [-0.39, 0.29) is 28.8 Å². The molecule has 0 saturated carbocycles. The van der Waals surface area contributed by atoms with Crippen LogP contribution in [-0.4, -0.2) is 34.3 Å². The molecule has 29 heavy (non-hydrogen) atoms. The first-order valence-corrected chi connectivity index (χ1v) is 10.4. The van der Waals surface area contributed by atoms with Crippen molar-refractivity contribution in [2.24, 2.45) is 0 Å². The van der Waals surface area contributed by atoms with Crippen molar-refractivity contribution in [3.63, 3.8) is 0 Å². The number of sulfonamides is 1. The number of halogens is 4. The smallest absolute Gasteiger partial charge is 0.314 e. The Hall–Kier alpha value is -2.61. The van der Waals surface area contributed by atoms with Gasteiger partial charge in [-0.2, -0.15) is 8.78 Å². The van der Waals surface area contributed by atoms with Crippen molar-refractivity contribution in [3.8, 4) is 10.8 Å². The van der Waals surface area contributed by atoms with Gasteiger partial charge in [0.25, 0.3) is 18.2 Å². The molecule has 0 aliphatic heterocycles. The van der Waals surface area contributed by atoms with Crippen molar-refractivity contribution < 1.29 is 30.4 Å². The van der Waals surface area contributed by atoms with E-state index in [1.54, 1.807) is 0 Å². The van der Waals surface area contributed by atoms with Gasteiger partial charge in [0, 0.05) is 0 Å². The van der Waals surface area contributed by atoms with E-state index in [1.165, 1.54) is 19.2 Å². The summed E-state index contributed by atoms with van der Waals surface area (Å²) in [6, 6.07) is 2.26. The first-order chi connectivity index (χ1) is 13.7. The highest BCUT2D eigenvalue weighted by Crippen LogP contribution is 2.30. The van der Waals surface area contributed by atoms with Crippen LogP contribution in [0, 0.1) is 0 Å². The second-order valence-electron chi connectivity index (χ2n) is 5.51. The predicted molar refractivity (Wildman–Crippen MR) is 95.2 cm³/mol. The predicted octanol–water partition coefficient (Wildman–Crippen LogP) is 3.82. The molecule has 0 atom stereocenters. The molecule has 156 valence electrons. The minimum Gasteiger partial charge on any atom is -0.414 e. The van der Waals surface area contributed by atoms with Crippen LogP contribution >= 0.6 is 11.3 Å². The SMILES string of the molecule is CCS(=O)(=O)N(Cc1ncc(-c2nnc(C(F)F)o2)s1)c1ccc(C(F)F)nc1. The number of rotatable bonds is 8. The number of aromatic nitrogens is 4. The summed E-state index contributed by atoms with van der Waals surface area (Å²) < 4.78 is 81.3. The molecule has 8 nitrogen and oxygen atoms in total. The molecule has 0 aliphatic carbocycles. The summed E-state index contributed by atoms with van der Waals surface area (Å²) in [5.74, 6) is -1.25. The molecule has 3 rings (SSSR count). The van der Waals surface area contributed by atoms with E-state index in [0.717, 1.165) is 27.9 Å². The van der Waals surface area contributed by atoms with E-state index >= 15 is 0 Å². The largest absolute Gasteiger partial charge is 0.414 e. The van der Waals surface area contributed by atoms with Crippen LogP contribution in [0.4, 0.5) is 23.2 Å². The lowest BCUT2D eigenvalue weighted by molar-refractivity contribution is 0.116. The van der Waals surface area contributed by atoms with Crippen LogP contribution in [0.2, 0.25) is 0 Å². The van der Waals surface area contributed by atoms with E-state index in [2.05, 4.69) is 20.2 Å². The van der Waals surface area contributed by atoms with Gasteiger partial charge >= 0.3 is 6.43 Å². The second kappa shape index (κ2) is 8.41. The van der Waals surface area contributed by atoms with E-state index in [1.807, 2.05) is 0 Å². The fourth-order valence-electron chi connectivity index (χ4n) is 2.21. The molecule has 0 unspecified atom stereocenters. The fraction of sp³-hybridized carbons (Fsp3) is 0.333. The number of hydrogen-bond acceptors (Lipinski definition) is 8. The van der Waals surface area contributed by atoms with E-state index in [0.29, 0.717) is 5.01 Å². The molecular formula is C15H13F4N5O3S2. The first kappa shape index (κ1) is 21.1. The van der Waals surface area contributed by atoms with Crippen LogP contribution in [0.15, 0.2) is 28.9 Å². The average Bonchev–Trinajstić information content (AvgIpc) is 3.35. The molecule has 0 saturated heterocycles. The maximum atomic E-state index is 12.7. The molecule has 3 aromatic rings. The van der Waals surface area contributed by atoms with Gasteiger partial charge in [-0.3, -0.25) is 9.29 Å². The Labute approximate surface area is 166 Å². The van der Waals surface area contributed by atoms with Gasteiger partial charge in [0.1, 0.15) is 15.6 Å². The van der Waals surface area contributed by atoms with Crippen LogP contribution in [0.25, 0.3) is 10.8 Å². The van der Waals surface area contributed by atoms with Crippen molar-refractivity contribution in [3.05, 3.63) is 41.1 Å². The molecule has 0 bridgehead atoms. The van der Waals surface area contributed by atoms with Gasteiger partial charge in [-0.05, 0) is 19.1 Å². The van der Waals surface area contributed by atoms with E-state index < -0.39 is 34.5 Å². The third-order valence-electron chi connectivity index (χ3n) is 3.65. The third-order valence-corrected chi connectivity index (χ3v) is 6.36. The van der Waals surface area contributed by atoms with Crippen molar-refractivity contribution >= 4 is 27.0 Å². The molecule has 0 aliphatic rings. The summed E-state index contributed by atoms with van der Waals surface area (Å²) >= 11 is 0.970. The lowest BCUT2D eigenvalue weighted by Crippen LogP contribution is -2.32. The molecule has 3 aromatic heterocycles. The van der Waals surface area contributed by atoms with Crippen molar-refractivity contribution in [1.82, 2.24) is 20.2 Å². The van der Waals surface area contributed by atoms with Gasteiger partial charge in [-0.25, -0.2) is 22.2 Å². The fourth-order valence-corrected chi connectivity index (χ4v) is 4.18. The highest BCUT2D eigenvalue weighted by atomic mass is 32.2. The van der Waals surface area contributed by atoms with Crippen molar-refractivity contribution in [2.75, 3.05) is 10.1 Å². The quantitative estimate of drug-likeness (QED) is 0.480. The minimum atomic E-state index is -3.79. The summed E-state index contributed by atoms with van der Waals surface area (Å²) in [7, 11) is -3.79. The summed E-state index contributed by atoms with van der Waals surface area (Å²) in [5.41, 5.74) is -0.392. The maximum Gasteiger partial charge on any atom is 0.314 e. The zero-order valence-corrected chi connectivity index (χ0v) is 16.3. The summed E-state index contributed by atoms with van der Waals surface area (Å²) in [6.45, 7) is 1.22. The molecular weight excluding hydrogens is 438 g/mol. The zero-order valence-electron chi connectivity index (χ0n) is 14.7. The van der Waals surface area contributed by atoms with Gasteiger partial charge in [0.05, 0.1) is 30.4 Å². The van der Waals surface area contributed by atoms with Crippen LogP contribution in [0.5, 0.6) is 0 Å². The Morgan fingerprint density at radius 2 is 1.86 bits per heavy atom. The van der Waals surface area contributed by atoms with Crippen molar-refractivity contribution in [2.45, 2.75) is 26.3 Å². The highest BCUT2D eigenvalue weighted by molar-refractivity contribution is 7.92. The van der Waals surface area contributed by atoms with Gasteiger partial charge in [-0.15, -0.1) is 21.5 Å². The second-order valence-corrected chi connectivity index (χ2v) is 8.81. The minimum absolute atomic E-state index is 0.0887. The van der Waals surface area contributed by atoms with Gasteiger partial charge < -0.3 is 4.42 Å². The molecule has 0 amide bonds. The topological polar surface area (TPSA) is 102 Å². The van der Waals surface area contributed by atoms with Gasteiger partial charge in [-0.1, -0.05) is 0 Å². The standard InChI is InChI=1S/C15H13F4N5O3S2/c1-2-29(25,26)24(8-3-4-9(12(16)17)20-5-8)7-11-21-6-10(28-11)14-22-23-15(27-14)13(18)19/h3-6,12-13H,2,7H2,1H3. The van der Waals surface area contributed by atoms with Crippen LogP contribution < -0.4 is 4.31 Å². The van der Waals surface area contributed by atoms with E-state index in [4.69, 9.17) is 4.42 Å². The Bertz CT molecular complexity index is 1070. The van der Waals surface area contributed by atoms with Crippen LogP contribution in [-0.2, 0) is 16.6 Å². The third kappa shape index (κ3) is 4.70. The number of alkyl halides is 4. The first-order valence-electron chi connectivity index (χ1n) is 8.02. The summed E-state index contributed by atoms with van der Waals surface area (Å²) in [4.78, 5) is 7.92. The van der Waals surface area contributed by atoms with Crippen molar-refractivity contribution in [1.29, 1.82) is 0 Å². The zero-order chi connectivity index (χ0) is 21.2. The normalized spacial score (nSPS) is 12.1. The molecule has 3 heterocycles. The summed E-state index contributed by atoms with van der Waals surface area (Å²) in [6.07, 6.45) is -3.37. The summed E-state index contributed by atoms with van der Waals surface area (Å²) in [5, 5.41) is 7.03. The molecule has 0 N–H and O–H groups in total. The number of pyridine rings is 1. The Balaban J connectivity index is 1.88. The number of anilines is 1. The molecule has 0 radical (unpaired) electrons. The Morgan fingerprint density at radius 3 is 2.41 bits per heavy atom. The monoisotopic (exact) mass is 451 g/mol. The molecule has 14 heteroatoms. The van der Waals surface area contributed by atoms with Crippen LogP contribution in [0.3, 0.4) is 0 Å². The number of hydrogen-bond donors (Lipinski definition) is 0. The lowest BCUT2D eigenvalue weighted by Gasteiger charge is -2.22. The van der Waals surface area contributed by atoms with Gasteiger partial charge in [0.15, 0.2) is 0 Å². The Kier molecular flexibility index (Phi) is 6.12. The van der Waals surface area contributed by atoms with Crippen LogP contribution in [0.1, 0.15) is 36.4 Å². The maximum absolute atomic E-state index is 12.7. The molecule has 0 fully saturated rings. The van der Waals surface area contributed by atoms with E-state index in [9.17, 15) is 26.0 Å². The molecule has 0 aromatic carbocycles. The average molecular weight is 451 g/mol. The lowest BCUT2D eigenvalue weighted by atomic mass is 10.3. The number of thiazole rings is 1. The number of nitrogens with zero attached hydrogens (tertiary/aromatic N) is 5. The Morgan fingerprint density at radius 1 is 1.10 bits per heavy atom. The highest BCUT2D eigenvalue weighted by Gasteiger charge is 2.24. The van der Waals surface area contributed by atoms with Gasteiger partial charge in [0.2, 0.25) is 10.0 Å².